The van der Waals surface area contributed by atoms with Crippen molar-refractivity contribution in [3.63, 3.8) is 0 Å². The molecule has 34 heavy (non-hydrogen) atoms. The van der Waals surface area contributed by atoms with Crippen molar-refractivity contribution in [3.8, 4) is 0 Å². The fraction of sp³-hybridized carbons (Fsp3) is 0.370. The number of carbonyl (C=O) groups excluding carboxylic acids is 1. The molecule has 1 unspecified atom stereocenters. The molecule has 3 rings (SSSR count). The van der Waals surface area contributed by atoms with E-state index < -0.39 is 13.3 Å². The Morgan fingerprint density at radius 1 is 0.912 bits per heavy atom. The Bertz CT molecular complexity index is 1090. The highest BCUT2D eigenvalue weighted by Crippen LogP contribution is 2.55. The average molecular weight is 484 g/mol. The minimum Gasteiger partial charge on any atom is -0.309 e. The van der Waals surface area contributed by atoms with Crippen LogP contribution in [0.4, 0.5) is 0 Å². The normalized spacial score (nSPS) is 12.6. The van der Waals surface area contributed by atoms with E-state index in [1.54, 1.807) is 0 Å². The lowest BCUT2D eigenvalue weighted by atomic mass is 10.00. The summed E-state index contributed by atoms with van der Waals surface area (Å²) in [7, 11) is -3.43. The molecule has 0 bridgehead atoms. The highest BCUT2D eigenvalue weighted by atomic mass is 31.2. The topological polar surface area (TPSA) is 65.1 Å². The molecule has 0 aliphatic heterocycles. The summed E-state index contributed by atoms with van der Waals surface area (Å²) in [5.74, 6) is -0.206. The molecule has 6 nitrogen and oxygen atoms in total. The molecular weight excluding hydrogens is 449 g/mol. The Morgan fingerprint density at radius 3 is 2.24 bits per heavy atom. The lowest BCUT2D eigenvalue weighted by Crippen LogP contribution is -2.32. The van der Waals surface area contributed by atoms with Gasteiger partial charge in [0.1, 0.15) is 6.61 Å². The molecule has 1 amide bonds. The zero-order chi connectivity index (χ0) is 24.4. The summed E-state index contributed by atoms with van der Waals surface area (Å²) in [6.45, 7) is 6.21. The maximum atomic E-state index is 13.8. The van der Waals surface area contributed by atoms with Crippen LogP contribution in [0, 0.1) is 0 Å². The van der Waals surface area contributed by atoms with E-state index in [0.717, 1.165) is 21.9 Å². The van der Waals surface area contributed by atoms with Gasteiger partial charge in [-0.1, -0.05) is 72.8 Å². The third kappa shape index (κ3) is 7.00. The molecule has 182 valence electrons. The van der Waals surface area contributed by atoms with Gasteiger partial charge in [0.25, 0.3) is 0 Å². The first-order valence-electron chi connectivity index (χ1n) is 11.8. The first-order valence-corrected chi connectivity index (χ1v) is 13.4. The summed E-state index contributed by atoms with van der Waals surface area (Å²) in [5.41, 5.74) is 1.61. The zero-order valence-corrected chi connectivity index (χ0v) is 21.1. The molecular formula is C27H34NO5P. The zero-order valence-electron chi connectivity index (χ0n) is 20.2. The van der Waals surface area contributed by atoms with Gasteiger partial charge in [-0.05, 0) is 48.6 Å². The fourth-order valence-corrected chi connectivity index (χ4v) is 6.08. The van der Waals surface area contributed by atoms with Gasteiger partial charge in [-0.15, -0.1) is 0 Å². The number of hydrogen-bond donors (Lipinski definition) is 0. The summed E-state index contributed by atoms with van der Waals surface area (Å²) in [5, 5.41) is 3.57. The Labute approximate surface area is 202 Å². The van der Waals surface area contributed by atoms with Crippen LogP contribution < -0.4 is 0 Å². The Balaban J connectivity index is 1.82. The van der Waals surface area contributed by atoms with E-state index in [1.165, 1.54) is 12.0 Å². The van der Waals surface area contributed by atoms with Gasteiger partial charge in [0, 0.05) is 13.5 Å². The third-order valence-electron chi connectivity index (χ3n) is 5.65. The molecule has 0 spiro atoms. The van der Waals surface area contributed by atoms with Crippen molar-refractivity contribution in [2.24, 2.45) is 0 Å². The molecule has 3 aromatic carbocycles. The van der Waals surface area contributed by atoms with Crippen LogP contribution in [0.3, 0.4) is 0 Å². The number of fused-ring (bicyclic) bond motifs is 1. The molecule has 0 saturated heterocycles. The lowest BCUT2D eigenvalue weighted by molar-refractivity contribution is -0.189. The van der Waals surface area contributed by atoms with Gasteiger partial charge in [0.15, 0.2) is 0 Å². The van der Waals surface area contributed by atoms with Crippen LogP contribution in [0.5, 0.6) is 0 Å². The highest BCUT2D eigenvalue weighted by Gasteiger charge is 2.36. The molecule has 7 heteroatoms. The molecule has 0 saturated carbocycles. The van der Waals surface area contributed by atoms with E-state index in [2.05, 4.69) is 18.2 Å². The second kappa shape index (κ2) is 12.8. The van der Waals surface area contributed by atoms with E-state index >= 15 is 0 Å². The molecule has 0 aliphatic rings. The summed E-state index contributed by atoms with van der Waals surface area (Å²) >= 11 is 0. The average Bonchev–Trinajstić information content (AvgIpc) is 2.84. The highest BCUT2D eigenvalue weighted by molar-refractivity contribution is 7.54. The van der Waals surface area contributed by atoms with Crippen molar-refractivity contribution >= 4 is 24.3 Å². The van der Waals surface area contributed by atoms with Crippen LogP contribution in [0.25, 0.3) is 10.8 Å². The fourth-order valence-electron chi connectivity index (χ4n) is 4.01. The number of benzene rings is 3. The summed E-state index contributed by atoms with van der Waals surface area (Å²) in [6.07, 6.45) is 0.915. The van der Waals surface area contributed by atoms with Gasteiger partial charge in [-0.25, -0.2) is 5.06 Å². The van der Waals surface area contributed by atoms with Crippen molar-refractivity contribution < 1.29 is 23.2 Å². The van der Waals surface area contributed by atoms with Crippen LogP contribution in [-0.2, 0) is 36.3 Å². The molecule has 0 radical (unpaired) electrons. The van der Waals surface area contributed by atoms with Crippen molar-refractivity contribution in [3.05, 3.63) is 83.9 Å². The van der Waals surface area contributed by atoms with Gasteiger partial charge >= 0.3 is 7.60 Å². The van der Waals surface area contributed by atoms with E-state index in [4.69, 9.17) is 13.9 Å². The van der Waals surface area contributed by atoms with Gasteiger partial charge < -0.3 is 9.05 Å². The molecule has 3 aromatic rings. The number of hydrogen-bond acceptors (Lipinski definition) is 5. The SMILES string of the molecule is CCOP(=O)(OCC)C(CCN(OCc1ccccc1)C(C)=O)Cc1cccc2ccccc12. The maximum absolute atomic E-state index is 13.8. The van der Waals surface area contributed by atoms with E-state index in [0.29, 0.717) is 12.8 Å². The quantitative estimate of drug-likeness (QED) is 0.208. The smallest absolute Gasteiger partial charge is 0.309 e. The molecule has 0 N–H and O–H groups in total. The van der Waals surface area contributed by atoms with Crippen LogP contribution >= 0.6 is 7.60 Å². The minimum absolute atomic E-state index is 0.206. The number of rotatable bonds is 13. The van der Waals surface area contributed by atoms with E-state index in [1.807, 2.05) is 68.4 Å². The number of hydroxylamine groups is 2. The predicted octanol–water partition coefficient (Wildman–Crippen LogP) is 6.39. The lowest BCUT2D eigenvalue weighted by Gasteiger charge is -2.29. The van der Waals surface area contributed by atoms with Crippen LogP contribution in [0.15, 0.2) is 72.8 Å². The van der Waals surface area contributed by atoms with E-state index in [-0.39, 0.29) is 32.3 Å². The Kier molecular flexibility index (Phi) is 9.85. The van der Waals surface area contributed by atoms with Crippen LogP contribution in [0.1, 0.15) is 38.3 Å². The van der Waals surface area contributed by atoms with Gasteiger partial charge in [0.05, 0.1) is 18.9 Å². The van der Waals surface area contributed by atoms with Gasteiger partial charge in [-0.3, -0.25) is 14.2 Å². The molecule has 0 heterocycles. The monoisotopic (exact) mass is 483 g/mol. The number of carbonyl (C=O) groups is 1. The van der Waals surface area contributed by atoms with Gasteiger partial charge in [0.2, 0.25) is 5.91 Å². The molecule has 0 aliphatic carbocycles. The standard InChI is InChI=1S/C27H34NO5P/c1-4-32-34(30,33-5-2)26(20-25-16-11-15-24-14-9-10-17-27(24)25)18-19-28(22(3)29)31-21-23-12-7-6-8-13-23/h6-17,26H,4-5,18-21H2,1-3H3. The van der Waals surface area contributed by atoms with Crippen LogP contribution in [-0.4, -0.2) is 36.4 Å². The Hall–Kier alpha value is -2.50. The predicted molar refractivity (Wildman–Crippen MR) is 136 cm³/mol. The first kappa shape index (κ1) is 26.1. The second-order valence-corrected chi connectivity index (χ2v) is 10.4. The largest absolute Gasteiger partial charge is 0.334 e. The maximum Gasteiger partial charge on any atom is 0.334 e. The summed E-state index contributed by atoms with van der Waals surface area (Å²) < 4.78 is 25.3. The van der Waals surface area contributed by atoms with Crippen molar-refractivity contribution in [2.45, 2.75) is 45.9 Å². The molecule has 0 fully saturated rings. The Morgan fingerprint density at radius 2 is 1.56 bits per heavy atom. The summed E-state index contributed by atoms with van der Waals surface area (Å²) in [4.78, 5) is 18.1. The number of nitrogens with zero attached hydrogens (tertiary/aromatic N) is 1. The van der Waals surface area contributed by atoms with Crippen molar-refractivity contribution in [1.82, 2.24) is 5.06 Å². The number of amides is 1. The van der Waals surface area contributed by atoms with E-state index in [9.17, 15) is 9.36 Å². The minimum atomic E-state index is -3.43. The van der Waals surface area contributed by atoms with Crippen molar-refractivity contribution in [1.29, 1.82) is 0 Å². The van der Waals surface area contributed by atoms with Crippen molar-refractivity contribution in [2.75, 3.05) is 19.8 Å². The van der Waals surface area contributed by atoms with Crippen LogP contribution in [0.2, 0.25) is 0 Å². The van der Waals surface area contributed by atoms with Gasteiger partial charge in [-0.2, -0.15) is 0 Å². The summed E-state index contributed by atoms with van der Waals surface area (Å²) in [6, 6.07) is 23.9. The molecule has 0 aromatic heterocycles. The molecule has 1 atom stereocenters. The first-order chi connectivity index (χ1) is 16.5. The third-order valence-corrected chi connectivity index (χ3v) is 8.22. The second-order valence-electron chi connectivity index (χ2n) is 8.04.